The van der Waals surface area contributed by atoms with Gasteiger partial charge in [-0.15, -0.1) is 0 Å². The van der Waals surface area contributed by atoms with E-state index in [1.165, 1.54) is 7.11 Å². The van der Waals surface area contributed by atoms with Gasteiger partial charge in [0.05, 0.1) is 25.6 Å². The highest BCUT2D eigenvalue weighted by Crippen LogP contribution is 2.21. The number of methoxy groups -OCH3 is 1. The number of carbonyl (C=O) groups excluding carboxylic acids is 1. The molecule has 2 atom stereocenters. The summed E-state index contributed by atoms with van der Waals surface area (Å²) in [6.45, 7) is 4.61. The quantitative estimate of drug-likeness (QED) is 0.640. The molecule has 3 rings (SSSR count). The number of esters is 1. The lowest BCUT2D eigenvalue weighted by atomic mass is 10.1. The van der Waals surface area contributed by atoms with Crippen molar-refractivity contribution in [1.82, 2.24) is 24.7 Å². The van der Waals surface area contributed by atoms with Gasteiger partial charge in [0.15, 0.2) is 0 Å². The van der Waals surface area contributed by atoms with E-state index in [2.05, 4.69) is 10.4 Å². The number of aromatic nitrogens is 4. The van der Waals surface area contributed by atoms with E-state index in [-0.39, 0.29) is 12.6 Å². The van der Waals surface area contributed by atoms with Crippen molar-refractivity contribution in [2.45, 2.75) is 39.1 Å². The molecule has 0 saturated carbocycles. The molecule has 2 heterocycles. The third-order valence-electron chi connectivity index (χ3n) is 4.46. The van der Waals surface area contributed by atoms with Crippen molar-refractivity contribution >= 4 is 18.2 Å². The molecule has 0 bridgehead atoms. The molecular weight excluding hydrogens is 342 g/mol. The average molecular weight is 363 g/mol. The van der Waals surface area contributed by atoms with Crippen molar-refractivity contribution in [3.8, 4) is 5.69 Å². The molecular formula is C16H21N5O3S. The van der Waals surface area contributed by atoms with E-state index >= 15 is 0 Å². The number of para-hydroxylation sites is 1. The van der Waals surface area contributed by atoms with Gasteiger partial charge in [0, 0.05) is 13.0 Å². The van der Waals surface area contributed by atoms with Gasteiger partial charge in [0.25, 0.3) is 0 Å². The van der Waals surface area contributed by atoms with Gasteiger partial charge in [-0.1, -0.05) is 18.2 Å². The fourth-order valence-electron chi connectivity index (χ4n) is 3.23. The van der Waals surface area contributed by atoms with Crippen LogP contribution in [0.2, 0.25) is 0 Å². The predicted molar refractivity (Wildman–Crippen MR) is 92.8 cm³/mol. The first-order chi connectivity index (χ1) is 11.9. The van der Waals surface area contributed by atoms with E-state index in [1.54, 1.807) is 14.3 Å². The van der Waals surface area contributed by atoms with Crippen molar-refractivity contribution in [2.24, 2.45) is 0 Å². The Morgan fingerprint density at radius 2 is 2.04 bits per heavy atom. The fourth-order valence-corrected chi connectivity index (χ4v) is 3.45. The average Bonchev–Trinajstić information content (AvgIpc) is 3.11. The number of aryl methyl sites for hydroxylation is 2. The summed E-state index contributed by atoms with van der Waals surface area (Å²) < 4.78 is 8.43. The maximum atomic E-state index is 11.9. The summed E-state index contributed by atoms with van der Waals surface area (Å²) in [6.07, 6.45) is -0.239. The second-order valence-electron chi connectivity index (χ2n) is 6.25. The molecule has 2 aromatic rings. The molecule has 134 valence electrons. The molecule has 8 nitrogen and oxygen atoms in total. The summed E-state index contributed by atoms with van der Waals surface area (Å²) in [6, 6.07) is 5.46. The van der Waals surface area contributed by atoms with Gasteiger partial charge >= 0.3 is 5.97 Å². The highest BCUT2D eigenvalue weighted by Gasteiger charge is 2.37. The molecule has 25 heavy (non-hydrogen) atoms. The number of carbonyl (C=O) groups is 1. The lowest BCUT2D eigenvalue weighted by molar-refractivity contribution is -0.146. The highest BCUT2D eigenvalue weighted by atomic mass is 32.1. The first kappa shape index (κ1) is 17.7. The summed E-state index contributed by atoms with van der Waals surface area (Å²) in [5.41, 5.74) is 3.00. The number of hydrogen-bond acceptors (Lipinski definition) is 7. The second kappa shape index (κ2) is 7.03. The molecule has 0 aliphatic carbocycles. The number of nitrogens with zero attached hydrogens (tertiary/aromatic N) is 5. The van der Waals surface area contributed by atoms with Crippen molar-refractivity contribution in [3.63, 3.8) is 0 Å². The number of benzene rings is 1. The number of aliphatic hydroxyl groups is 1. The SMILES string of the molecule is COC(=O)[C@@H]1C[C@@H](O)CN1Cn1nnn(-c2c(C)cccc2C)c1=S. The Labute approximate surface area is 150 Å². The van der Waals surface area contributed by atoms with Crippen LogP contribution in [0, 0.1) is 18.6 Å². The predicted octanol–water partition coefficient (Wildman–Crippen LogP) is 0.981. The van der Waals surface area contributed by atoms with E-state index in [1.807, 2.05) is 32.0 Å². The van der Waals surface area contributed by atoms with Gasteiger partial charge in [-0.25, -0.2) is 4.68 Å². The zero-order valence-electron chi connectivity index (χ0n) is 14.4. The van der Waals surface area contributed by atoms with Crippen LogP contribution in [0.4, 0.5) is 0 Å². The normalized spacial score (nSPS) is 20.8. The van der Waals surface area contributed by atoms with Crippen LogP contribution in [0.3, 0.4) is 0 Å². The van der Waals surface area contributed by atoms with Crippen LogP contribution in [0.15, 0.2) is 18.2 Å². The molecule has 1 fully saturated rings. The molecule has 1 aliphatic heterocycles. The molecule has 1 aromatic carbocycles. The van der Waals surface area contributed by atoms with Gasteiger partial charge < -0.3 is 9.84 Å². The zero-order valence-corrected chi connectivity index (χ0v) is 15.2. The zero-order chi connectivity index (χ0) is 18.1. The number of likely N-dealkylation sites (tertiary alicyclic amines) is 1. The molecule has 0 radical (unpaired) electrons. The Kier molecular flexibility index (Phi) is 4.98. The smallest absolute Gasteiger partial charge is 0.323 e. The van der Waals surface area contributed by atoms with Gasteiger partial charge in [-0.05, 0) is 47.6 Å². The lowest BCUT2D eigenvalue weighted by Crippen LogP contribution is -2.38. The monoisotopic (exact) mass is 363 g/mol. The minimum absolute atomic E-state index is 0.264. The maximum Gasteiger partial charge on any atom is 0.323 e. The van der Waals surface area contributed by atoms with Crippen LogP contribution in [0.5, 0.6) is 0 Å². The molecule has 0 unspecified atom stereocenters. The fraction of sp³-hybridized carbons (Fsp3) is 0.500. The van der Waals surface area contributed by atoms with Crippen LogP contribution in [-0.4, -0.2) is 61.6 Å². The van der Waals surface area contributed by atoms with E-state index in [0.29, 0.717) is 17.7 Å². The van der Waals surface area contributed by atoms with Gasteiger partial charge in [-0.3, -0.25) is 9.69 Å². The van der Waals surface area contributed by atoms with Crippen molar-refractivity contribution in [1.29, 1.82) is 0 Å². The Hall–Kier alpha value is -2.10. The number of rotatable bonds is 4. The molecule has 1 aromatic heterocycles. The minimum Gasteiger partial charge on any atom is -0.468 e. The first-order valence-corrected chi connectivity index (χ1v) is 8.42. The summed E-state index contributed by atoms with van der Waals surface area (Å²) in [5.74, 6) is -0.370. The Morgan fingerprint density at radius 1 is 1.36 bits per heavy atom. The molecule has 1 N–H and O–H groups in total. The summed E-state index contributed by atoms with van der Waals surface area (Å²) >= 11 is 5.52. The molecule has 0 amide bonds. The van der Waals surface area contributed by atoms with E-state index < -0.39 is 12.1 Å². The van der Waals surface area contributed by atoms with E-state index in [9.17, 15) is 9.90 Å². The summed E-state index contributed by atoms with van der Waals surface area (Å²) in [7, 11) is 1.34. The van der Waals surface area contributed by atoms with Crippen LogP contribution in [-0.2, 0) is 16.2 Å². The number of tetrazole rings is 1. The van der Waals surface area contributed by atoms with Gasteiger partial charge in [0.1, 0.15) is 6.04 Å². The lowest BCUT2D eigenvalue weighted by Gasteiger charge is -2.21. The van der Waals surface area contributed by atoms with E-state index in [4.69, 9.17) is 17.0 Å². The summed E-state index contributed by atoms with van der Waals surface area (Å²) in [4.78, 5) is 13.7. The Bertz CT molecular complexity index is 826. The third-order valence-corrected chi connectivity index (χ3v) is 4.84. The van der Waals surface area contributed by atoms with Crippen LogP contribution >= 0.6 is 12.2 Å². The van der Waals surface area contributed by atoms with E-state index in [0.717, 1.165) is 16.8 Å². The molecule has 0 spiro atoms. The van der Waals surface area contributed by atoms with Crippen LogP contribution in [0.1, 0.15) is 17.5 Å². The summed E-state index contributed by atoms with van der Waals surface area (Å²) in [5, 5.41) is 18.2. The largest absolute Gasteiger partial charge is 0.468 e. The van der Waals surface area contributed by atoms with Gasteiger partial charge in [-0.2, -0.15) is 4.68 Å². The number of ether oxygens (including phenoxy) is 1. The number of β-amino-alcohol motifs (C(OH)–C–C–N with tert-alkyl or cyclic N) is 1. The molecule has 9 heteroatoms. The van der Waals surface area contributed by atoms with Gasteiger partial charge in [0.2, 0.25) is 4.77 Å². The third kappa shape index (κ3) is 3.35. The maximum absolute atomic E-state index is 11.9. The Morgan fingerprint density at radius 3 is 2.68 bits per heavy atom. The standard InChI is InChI=1S/C16H21N5O3S/c1-10-5-4-6-11(2)14(10)21-16(25)20(17-18-21)9-19-8-12(22)7-13(19)15(23)24-3/h4-6,12-13,22H,7-9H2,1-3H3/t12-,13+/m1/s1. The van der Waals surface area contributed by atoms with Crippen LogP contribution < -0.4 is 0 Å². The minimum atomic E-state index is -0.577. The topological polar surface area (TPSA) is 85.4 Å². The highest BCUT2D eigenvalue weighted by molar-refractivity contribution is 7.71. The first-order valence-electron chi connectivity index (χ1n) is 8.01. The number of hydrogen-bond donors (Lipinski definition) is 1. The second-order valence-corrected chi connectivity index (χ2v) is 6.62. The molecule has 1 aliphatic rings. The number of aliphatic hydroxyl groups excluding tert-OH is 1. The molecule has 1 saturated heterocycles. The Balaban J connectivity index is 1.89. The van der Waals surface area contributed by atoms with Crippen molar-refractivity contribution < 1.29 is 14.6 Å². The van der Waals surface area contributed by atoms with Crippen LogP contribution in [0.25, 0.3) is 5.69 Å². The van der Waals surface area contributed by atoms with Crippen molar-refractivity contribution in [2.75, 3.05) is 13.7 Å². The van der Waals surface area contributed by atoms with Crippen molar-refractivity contribution in [3.05, 3.63) is 34.1 Å².